The number of hydrogen-bond acceptors (Lipinski definition) is 4. The van der Waals surface area contributed by atoms with Crippen LogP contribution in [-0.2, 0) is 9.53 Å². The molecular weight excluding hydrogens is 218 g/mol. The van der Waals surface area contributed by atoms with Gasteiger partial charge in [0.25, 0.3) is 0 Å². The number of rotatable bonds is 2. The van der Waals surface area contributed by atoms with Gasteiger partial charge in [0.15, 0.2) is 0 Å². The molecular formula is C13H13NO3. The number of phenolic OH excluding ortho intramolecular Hbond substituents is 1. The Hall–Kier alpha value is -2.07. The zero-order chi connectivity index (χ0) is 12.4. The molecule has 2 aromatic carbocycles. The number of nitrogens with two attached hydrogens (primary N) is 1. The van der Waals surface area contributed by atoms with Crippen LogP contribution in [-0.4, -0.2) is 18.2 Å². The van der Waals surface area contributed by atoms with Crippen LogP contribution in [0.1, 0.15) is 11.6 Å². The summed E-state index contributed by atoms with van der Waals surface area (Å²) in [5.74, 6) is -0.259. The van der Waals surface area contributed by atoms with Crippen LogP contribution in [0.5, 0.6) is 5.75 Å². The van der Waals surface area contributed by atoms with Gasteiger partial charge in [-0.25, -0.2) is 0 Å². The predicted octanol–water partition coefficient (Wildman–Crippen LogP) is 1.72. The van der Waals surface area contributed by atoms with Crippen LogP contribution in [0.2, 0.25) is 0 Å². The molecule has 0 fully saturated rings. The van der Waals surface area contributed by atoms with Crippen LogP contribution in [0, 0.1) is 0 Å². The number of aromatic hydroxyl groups is 1. The molecule has 0 radical (unpaired) electrons. The fourth-order valence-electron chi connectivity index (χ4n) is 1.71. The maximum Gasteiger partial charge on any atom is 0.327 e. The summed E-state index contributed by atoms with van der Waals surface area (Å²) in [5.41, 5.74) is 6.44. The number of hydrogen-bond donors (Lipinski definition) is 2. The van der Waals surface area contributed by atoms with Gasteiger partial charge in [0.2, 0.25) is 0 Å². The van der Waals surface area contributed by atoms with Gasteiger partial charge >= 0.3 is 5.97 Å². The highest BCUT2D eigenvalue weighted by Gasteiger charge is 2.16. The smallest absolute Gasteiger partial charge is 0.327 e. The molecule has 1 atom stereocenters. The van der Waals surface area contributed by atoms with Crippen molar-refractivity contribution in [2.75, 3.05) is 7.11 Å². The van der Waals surface area contributed by atoms with Crippen molar-refractivity contribution in [3.8, 4) is 5.75 Å². The second kappa shape index (κ2) is 4.43. The van der Waals surface area contributed by atoms with Gasteiger partial charge in [-0.05, 0) is 34.5 Å². The lowest BCUT2D eigenvalue weighted by atomic mass is 10.0. The van der Waals surface area contributed by atoms with Crippen molar-refractivity contribution < 1.29 is 14.6 Å². The maximum absolute atomic E-state index is 11.3. The zero-order valence-corrected chi connectivity index (χ0v) is 9.38. The van der Waals surface area contributed by atoms with Crippen molar-refractivity contribution in [2.24, 2.45) is 5.73 Å². The minimum atomic E-state index is -0.779. The number of methoxy groups -OCH3 is 1. The molecule has 0 spiro atoms. The second-order valence-corrected chi connectivity index (χ2v) is 3.79. The molecule has 4 nitrogen and oxygen atoms in total. The summed E-state index contributed by atoms with van der Waals surface area (Å²) in [4.78, 5) is 11.3. The molecule has 0 aromatic heterocycles. The molecule has 0 bridgehead atoms. The lowest BCUT2D eigenvalue weighted by Crippen LogP contribution is -2.22. The Morgan fingerprint density at radius 3 is 2.59 bits per heavy atom. The van der Waals surface area contributed by atoms with E-state index in [1.54, 1.807) is 24.3 Å². The lowest BCUT2D eigenvalue weighted by Gasteiger charge is -2.10. The van der Waals surface area contributed by atoms with Gasteiger partial charge in [0.1, 0.15) is 11.8 Å². The molecule has 0 saturated carbocycles. The molecule has 0 aliphatic carbocycles. The third-order valence-electron chi connectivity index (χ3n) is 2.66. The molecule has 0 unspecified atom stereocenters. The molecule has 17 heavy (non-hydrogen) atoms. The van der Waals surface area contributed by atoms with E-state index in [4.69, 9.17) is 5.73 Å². The standard InChI is InChI=1S/C13H13NO3/c1-17-13(16)12(14)10-3-2-9-7-11(15)5-4-8(9)6-10/h2-7,12,15H,14H2,1H3/t12-/m1/s1. The fourth-order valence-corrected chi connectivity index (χ4v) is 1.71. The van der Waals surface area contributed by atoms with E-state index in [9.17, 15) is 9.90 Å². The number of phenols is 1. The first-order valence-corrected chi connectivity index (χ1v) is 5.18. The van der Waals surface area contributed by atoms with Crippen molar-refractivity contribution in [3.05, 3.63) is 42.0 Å². The first-order valence-electron chi connectivity index (χ1n) is 5.18. The summed E-state index contributed by atoms with van der Waals surface area (Å²) < 4.78 is 4.59. The summed E-state index contributed by atoms with van der Waals surface area (Å²) in [6.07, 6.45) is 0. The molecule has 2 aromatic rings. The average Bonchev–Trinajstić information content (AvgIpc) is 2.36. The van der Waals surface area contributed by atoms with Crippen LogP contribution < -0.4 is 5.73 Å². The van der Waals surface area contributed by atoms with Crippen LogP contribution in [0.15, 0.2) is 36.4 Å². The Balaban J connectivity index is 2.44. The molecule has 2 rings (SSSR count). The van der Waals surface area contributed by atoms with E-state index in [1.807, 2.05) is 12.1 Å². The van der Waals surface area contributed by atoms with Gasteiger partial charge < -0.3 is 15.6 Å². The average molecular weight is 231 g/mol. The number of fused-ring (bicyclic) bond motifs is 1. The molecule has 0 saturated heterocycles. The molecule has 0 aliphatic heterocycles. The monoisotopic (exact) mass is 231 g/mol. The highest BCUT2D eigenvalue weighted by molar-refractivity contribution is 5.86. The predicted molar refractivity (Wildman–Crippen MR) is 64.6 cm³/mol. The Morgan fingerprint density at radius 2 is 1.88 bits per heavy atom. The first-order chi connectivity index (χ1) is 8.11. The van der Waals surface area contributed by atoms with Crippen LogP contribution in [0.4, 0.5) is 0 Å². The number of benzene rings is 2. The van der Waals surface area contributed by atoms with E-state index in [0.717, 1.165) is 10.8 Å². The molecule has 0 heterocycles. The SMILES string of the molecule is COC(=O)[C@H](N)c1ccc2cc(O)ccc2c1. The van der Waals surface area contributed by atoms with Crippen molar-refractivity contribution in [1.29, 1.82) is 0 Å². The van der Waals surface area contributed by atoms with Gasteiger partial charge in [0, 0.05) is 0 Å². The Labute approximate surface area is 98.6 Å². The van der Waals surface area contributed by atoms with E-state index >= 15 is 0 Å². The topological polar surface area (TPSA) is 72.5 Å². The van der Waals surface area contributed by atoms with Crippen molar-refractivity contribution in [3.63, 3.8) is 0 Å². The minimum absolute atomic E-state index is 0.211. The van der Waals surface area contributed by atoms with Gasteiger partial charge in [-0.1, -0.05) is 18.2 Å². The third kappa shape index (κ3) is 2.21. The summed E-state index contributed by atoms with van der Waals surface area (Å²) >= 11 is 0. The molecule has 4 heteroatoms. The number of ether oxygens (including phenoxy) is 1. The van der Waals surface area contributed by atoms with E-state index in [-0.39, 0.29) is 5.75 Å². The van der Waals surface area contributed by atoms with Gasteiger partial charge in [0.05, 0.1) is 7.11 Å². The second-order valence-electron chi connectivity index (χ2n) is 3.79. The Kier molecular flexibility index (Phi) is 2.97. The molecule has 0 aliphatic rings. The van der Waals surface area contributed by atoms with Gasteiger partial charge in [-0.15, -0.1) is 0 Å². The molecule has 0 amide bonds. The van der Waals surface area contributed by atoms with E-state index in [2.05, 4.69) is 4.74 Å². The quantitative estimate of drug-likeness (QED) is 0.772. The largest absolute Gasteiger partial charge is 0.508 e. The highest BCUT2D eigenvalue weighted by atomic mass is 16.5. The number of carbonyl (C=O) groups excluding carboxylic acids is 1. The van der Waals surface area contributed by atoms with Crippen molar-refractivity contribution in [1.82, 2.24) is 0 Å². The summed E-state index contributed by atoms with van der Waals surface area (Å²) in [6.45, 7) is 0. The zero-order valence-electron chi connectivity index (χ0n) is 9.38. The minimum Gasteiger partial charge on any atom is -0.508 e. The maximum atomic E-state index is 11.3. The fraction of sp³-hybridized carbons (Fsp3) is 0.154. The lowest BCUT2D eigenvalue weighted by molar-refractivity contribution is -0.142. The highest BCUT2D eigenvalue weighted by Crippen LogP contribution is 2.23. The Bertz CT molecular complexity index is 566. The molecule has 3 N–H and O–H groups in total. The normalized spacial score (nSPS) is 12.4. The van der Waals surface area contributed by atoms with E-state index in [1.165, 1.54) is 7.11 Å². The number of esters is 1. The number of carbonyl (C=O) groups is 1. The Morgan fingerprint density at radius 1 is 1.24 bits per heavy atom. The van der Waals surface area contributed by atoms with Crippen LogP contribution in [0.25, 0.3) is 10.8 Å². The van der Waals surface area contributed by atoms with Crippen molar-refractivity contribution in [2.45, 2.75) is 6.04 Å². The summed E-state index contributed by atoms with van der Waals surface area (Å²) in [5, 5.41) is 11.1. The van der Waals surface area contributed by atoms with Crippen molar-refractivity contribution >= 4 is 16.7 Å². The van der Waals surface area contributed by atoms with Gasteiger partial charge in [-0.2, -0.15) is 0 Å². The van der Waals surface area contributed by atoms with Crippen LogP contribution in [0.3, 0.4) is 0 Å². The summed E-state index contributed by atoms with van der Waals surface area (Å²) in [7, 11) is 1.31. The molecule has 88 valence electrons. The first kappa shape index (κ1) is 11.4. The van der Waals surface area contributed by atoms with E-state index < -0.39 is 12.0 Å². The van der Waals surface area contributed by atoms with Crippen LogP contribution >= 0.6 is 0 Å². The van der Waals surface area contributed by atoms with Gasteiger partial charge in [-0.3, -0.25) is 4.79 Å². The van der Waals surface area contributed by atoms with E-state index in [0.29, 0.717) is 5.56 Å². The summed E-state index contributed by atoms with van der Waals surface area (Å²) in [6, 6.07) is 9.63. The third-order valence-corrected chi connectivity index (χ3v) is 2.66.